The van der Waals surface area contributed by atoms with Crippen LogP contribution in [0.1, 0.15) is 35.1 Å². The molecule has 1 aliphatic heterocycles. The normalized spacial score (nSPS) is 24.1. The third-order valence-corrected chi connectivity index (χ3v) is 5.97. The first kappa shape index (κ1) is 15.9. The highest BCUT2D eigenvalue weighted by Gasteiger charge is 2.38. The zero-order valence-corrected chi connectivity index (χ0v) is 14.2. The molecule has 0 fully saturated rings. The second-order valence-corrected chi connectivity index (χ2v) is 8.06. The Balaban J connectivity index is 1.77. The van der Waals surface area contributed by atoms with E-state index in [9.17, 15) is 8.42 Å². The maximum Gasteiger partial charge on any atom is 0.238 e. The van der Waals surface area contributed by atoms with Gasteiger partial charge in [-0.3, -0.25) is 0 Å². The predicted molar refractivity (Wildman–Crippen MR) is 95.3 cm³/mol. The number of fused-ring (bicyclic) bond motifs is 3. The van der Waals surface area contributed by atoms with Gasteiger partial charge in [0.2, 0.25) is 10.0 Å². The van der Waals surface area contributed by atoms with Gasteiger partial charge in [-0.1, -0.05) is 24.3 Å². The van der Waals surface area contributed by atoms with E-state index < -0.39 is 10.0 Å². The molecule has 1 heterocycles. The molecular formula is C19H17N3O2S. The number of allylic oxidation sites excluding steroid dienone is 2. The van der Waals surface area contributed by atoms with E-state index >= 15 is 0 Å². The summed E-state index contributed by atoms with van der Waals surface area (Å²) in [7, 11) is -3.72. The van der Waals surface area contributed by atoms with Crippen LogP contribution in [0.15, 0.2) is 59.5 Å². The Morgan fingerprint density at radius 1 is 1.16 bits per heavy atom. The highest BCUT2D eigenvalue weighted by atomic mass is 32.2. The molecule has 0 bridgehead atoms. The van der Waals surface area contributed by atoms with E-state index in [0.29, 0.717) is 11.5 Å². The van der Waals surface area contributed by atoms with E-state index in [-0.39, 0.29) is 16.9 Å². The Morgan fingerprint density at radius 3 is 2.60 bits per heavy atom. The average Bonchev–Trinajstić information content (AvgIpc) is 3.10. The van der Waals surface area contributed by atoms with E-state index in [4.69, 9.17) is 10.4 Å². The third kappa shape index (κ3) is 2.72. The second-order valence-electron chi connectivity index (χ2n) is 6.50. The van der Waals surface area contributed by atoms with Gasteiger partial charge in [0.15, 0.2) is 0 Å². The summed E-state index contributed by atoms with van der Waals surface area (Å²) in [6.07, 6.45) is 5.21. The summed E-state index contributed by atoms with van der Waals surface area (Å²) in [5.41, 5.74) is 3.66. The summed E-state index contributed by atoms with van der Waals surface area (Å²) in [5, 5.41) is 17.8. The fourth-order valence-corrected chi connectivity index (χ4v) is 4.39. The van der Waals surface area contributed by atoms with Crippen molar-refractivity contribution >= 4 is 15.7 Å². The van der Waals surface area contributed by atoms with E-state index in [0.717, 1.165) is 23.2 Å². The minimum atomic E-state index is -3.72. The minimum absolute atomic E-state index is 0.112. The molecule has 0 amide bonds. The number of primary sulfonamides is 1. The number of rotatable bonds is 2. The lowest BCUT2D eigenvalue weighted by atomic mass is 9.77. The van der Waals surface area contributed by atoms with Crippen molar-refractivity contribution < 1.29 is 8.42 Å². The summed E-state index contributed by atoms with van der Waals surface area (Å²) in [5.74, 6) is 0.453. The monoisotopic (exact) mass is 351 g/mol. The van der Waals surface area contributed by atoms with E-state index in [2.05, 4.69) is 23.5 Å². The van der Waals surface area contributed by atoms with Crippen molar-refractivity contribution in [3.05, 3.63) is 71.3 Å². The molecule has 1 aliphatic carbocycles. The molecule has 0 spiro atoms. The Kier molecular flexibility index (Phi) is 3.64. The predicted octanol–water partition coefficient (Wildman–Crippen LogP) is 3.03. The molecule has 0 radical (unpaired) electrons. The van der Waals surface area contributed by atoms with Crippen molar-refractivity contribution in [2.45, 2.75) is 23.3 Å². The Hall–Kier alpha value is -2.62. The lowest BCUT2D eigenvalue weighted by Crippen LogP contribution is -2.29. The van der Waals surface area contributed by atoms with Gasteiger partial charge in [-0.15, -0.1) is 0 Å². The number of nitriles is 1. The molecule has 2 aliphatic rings. The summed E-state index contributed by atoms with van der Waals surface area (Å²) in [6.45, 7) is 0. The summed E-state index contributed by atoms with van der Waals surface area (Å²) in [6, 6.07) is 14.9. The van der Waals surface area contributed by atoms with Gasteiger partial charge < -0.3 is 5.32 Å². The maximum atomic E-state index is 11.7. The van der Waals surface area contributed by atoms with Gasteiger partial charge >= 0.3 is 0 Å². The van der Waals surface area contributed by atoms with Crippen LogP contribution in [-0.4, -0.2) is 8.42 Å². The maximum absolute atomic E-state index is 11.7. The van der Waals surface area contributed by atoms with Gasteiger partial charge in [0.1, 0.15) is 0 Å². The van der Waals surface area contributed by atoms with Crippen molar-refractivity contribution in [2.24, 2.45) is 11.1 Å². The largest absolute Gasteiger partial charge is 0.378 e. The van der Waals surface area contributed by atoms with Crippen LogP contribution in [0.4, 0.5) is 5.69 Å². The van der Waals surface area contributed by atoms with Crippen molar-refractivity contribution in [1.29, 1.82) is 5.26 Å². The van der Waals surface area contributed by atoms with Crippen molar-refractivity contribution in [3.63, 3.8) is 0 Å². The molecule has 4 rings (SSSR count). The van der Waals surface area contributed by atoms with Gasteiger partial charge in [-0.05, 0) is 53.8 Å². The molecule has 3 unspecified atom stereocenters. The molecule has 126 valence electrons. The molecule has 25 heavy (non-hydrogen) atoms. The number of benzene rings is 2. The summed E-state index contributed by atoms with van der Waals surface area (Å²) in [4.78, 5) is 0.143. The Bertz CT molecular complexity index is 1000. The first-order valence-electron chi connectivity index (χ1n) is 8.07. The molecule has 3 N–H and O–H groups in total. The van der Waals surface area contributed by atoms with Crippen LogP contribution in [-0.2, 0) is 10.0 Å². The van der Waals surface area contributed by atoms with Crippen LogP contribution < -0.4 is 10.5 Å². The smallest absolute Gasteiger partial charge is 0.238 e. The van der Waals surface area contributed by atoms with E-state index in [1.807, 2.05) is 24.3 Å². The molecule has 2 aromatic carbocycles. The first-order chi connectivity index (χ1) is 12.0. The van der Waals surface area contributed by atoms with Gasteiger partial charge in [-0.25, -0.2) is 13.6 Å². The van der Waals surface area contributed by atoms with E-state index in [1.165, 1.54) is 6.07 Å². The second kappa shape index (κ2) is 5.73. The SMILES string of the molecule is N#Cc1ccc(C2Nc3ccc(S(N)(=O)=O)cc3C3C=CCC32)cc1. The molecule has 0 saturated carbocycles. The number of nitrogens with zero attached hydrogens (tertiary/aromatic N) is 1. The van der Waals surface area contributed by atoms with Crippen molar-refractivity contribution in [1.82, 2.24) is 0 Å². The van der Waals surface area contributed by atoms with E-state index in [1.54, 1.807) is 12.1 Å². The fraction of sp³-hybridized carbons (Fsp3) is 0.211. The fourth-order valence-electron chi connectivity index (χ4n) is 3.84. The number of anilines is 1. The number of hydrogen-bond acceptors (Lipinski definition) is 4. The molecule has 2 aromatic rings. The van der Waals surface area contributed by atoms with Crippen LogP contribution >= 0.6 is 0 Å². The van der Waals surface area contributed by atoms with Crippen LogP contribution in [0.3, 0.4) is 0 Å². The van der Waals surface area contributed by atoms with Gasteiger partial charge in [0, 0.05) is 11.6 Å². The summed E-state index contributed by atoms with van der Waals surface area (Å²) >= 11 is 0. The van der Waals surface area contributed by atoms with Crippen molar-refractivity contribution in [2.75, 3.05) is 5.32 Å². The molecular weight excluding hydrogens is 334 g/mol. The minimum Gasteiger partial charge on any atom is -0.378 e. The van der Waals surface area contributed by atoms with Crippen LogP contribution in [0.25, 0.3) is 0 Å². The topological polar surface area (TPSA) is 96.0 Å². The number of nitrogens with one attached hydrogen (secondary N) is 1. The average molecular weight is 351 g/mol. The molecule has 5 nitrogen and oxygen atoms in total. The molecule has 0 aromatic heterocycles. The van der Waals surface area contributed by atoms with Gasteiger partial charge in [-0.2, -0.15) is 5.26 Å². The zero-order chi connectivity index (χ0) is 17.6. The Morgan fingerprint density at radius 2 is 1.92 bits per heavy atom. The van der Waals surface area contributed by atoms with Crippen LogP contribution in [0.5, 0.6) is 0 Å². The lowest BCUT2D eigenvalue weighted by molar-refractivity contribution is 0.425. The Labute approximate surface area is 146 Å². The molecule has 6 heteroatoms. The third-order valence-electron chi connectivity index (χ3n) is 5.06. The first-order valence-corrected chi connectivity index (χ1v) is 9.62. The van der Waals surface area contributed by atoms with Gasteiger partial charge in [0.05, 0.1) is 22.6 Å². The van der Waals surface area contributed by atoms with Crippen molar-refractivity contribution in [3.8, 4) is 6.07 Å². The standard InChI is InChI=1S/C19H17N3O2S/c20-11-12-4-6-13(7-5-12)19-16-3-1-2-15(16)17-10-14(25(21,23)24)8-9-18(17)22-19/h1-2,4-10,15-16,19,22H,3H2,(H2,21,23,24). The van der Waals surface area contributed by atoms with Crippen LogP contribution in [0, 0.1) is 17.2 Å². The number of sulfonamides is 1. The number of hydrogen-bond donors (Lipinski definition) is 2. The highest BCUT2D eigenvalue weighted by Crippen LogP contribution is 2.50. The zero-order valence-electron chi connectivity index (χ0n) is 13.4. The van der Waals surface area contributed by atoms with Crippen LogP contribution in [0.2, 0.25) is 0 Å². The summed E-state index contributed by atoms with van der Waals surface area (Å²) < 4.78 is 23.3. The molecule has 3 atom stereocenters. The number of nitrogens with two attached hydrogens (primary N) is 1. The van der Waals surface area contributed by atoms with Gasteiger partial charge in [0.25, 0.3) is 0 Å². The molecule has 0 saturated heterocycles. The lowest BCUT2D eigenvalue weighted by Gasteiger charge is -2.37. The quantitative estimate of drug-likeness (QED) is 0.813. The highest BCUT2D eigenvalue weighted by molar-refractivity contribution is 7.89.